The maximum Gasteiger partial charge on any atom is 0.0513 e. The molecule has 2 rings (SSSR count). The summed E-state index contributed by atoms with van der Waals surface area (Å²) in [6, 6.07) is 4.28. The minimum Gasteiger partial charge on any atom is -0.326 e. The summed E-state index contributed by atoms with van der Waals surface area (Å²) in [6.45, 7) is 6.86. The number of rotatable bonds is 5. The summed E-state index contributed by atoms with van der Waals surface area (Å²) in [6.07, 6.45) is 4.92. The predicted molar refractivity (Wildman–Crippen MR) is 79.9 cm³/mol. The Morgan fingerprint density at radius 1 is 1.44 bits per heavy atom. The van der Waals surface area contributed by atoms with Crippen molar-refractivity contribution in [2.24, 2.45) is 5.73 Å². The molecule has 3 heteroatoms. The van der Waals surface area contributed by atoms with Crippen LogP contribution in [0.25, 0.3) is 0 Å². The summed E-state index contributed by atoms with van der Waals surface area (Å²) in [4.78, 5) is 2.69. The molecule has 0 aromatic carbocycles. The summed E-state index contributed by atoms with van der Waals surface area (Å²) >= 11 is 1.78. The van der Waals surface area contributed by atoms with Crippen LogP contribution in [0, 0.1) is 0 Å². The molecule has 2 heterocycles. The van der Waals surface area contributed by atoms with Gasteiger partial charge in [0.2, 0.25) is 0 Å². The lowest BCUT2D eigenvalue weighted by molar-refractivity contribution is 0.112. The highest BCUT2D eigenvalue weighted by molar-refractivity contribution is 7.07. The number of hydrogen-bond donors (Lipinski definition) is 1. The molecule has 0 amide bonds. The van der Waals surface area contributed by atoms with E-state index >= 15 is 0 Å². The molecule has 2 nitrogen and oxygen atoms in total. The van der Waals surface area contributed by atoms with Crippen LogP contribution in [0.2, 0.25) is 0 Å². The van der Waals surface area contributed by atoms with E-state index in [-0.39, 0.29) is 6.04 Å². The zero-order chi connectivity index (χ0) is 13.1. The van der Waals surface area contributed by atoms with Gasteiger partial charge in [0.15, 0.2) is 0 Å². The molecule has 0 spiro atoms. The average molecular weight is 266 g/mol. The summed E-state index contributed by atoms with van der Waals surface area (Å²) in [5, 5.41) is 4.45. The molecule has 0 bridgehead atoms. The minimum absolute atomic E-state index is 0.245. The second-order valence-corrected chi connectivity index (χ2v) is 6.29. The molecule has 1 aliphatic rings. The molecule has 18 heavy (non-hydrogen) atoms. The second-order valence-electron chi connectivity index (χ2n) is 5.51. The Hall–Kier alpha value is -0.380. The van der Waals surface area contributed by atoms with E-state index in [1.54, 1.807) is 11.3 Å². The highest BCUT2D eigenvalue weighted by atomic mass is 32.1. The zero-order valence-corrected chi connectivity index (χ0v) is 12.6. The van der Waals surface area contributed by atoms with Crippen molar-refractivity contribution in [3.8, 4) is 0 Å². The number of nitrogens with two attached hydrogens (primary N) is 1. The van der Waals surface area contributed by atoms with Gasteiger partial charge in [-0.05, 0) is 55.0 Å². The van der Waals surface area contributed by atoms with Gasteiger partial charge in [-0.2, -0.15) is 11.3 Å². The van der Waals surface area contributed by atoms with Crippen molar-refractivity contribution in [2.75, 3.05) is 0 Å². The molecule has 2 N–H and O–H groups in total. The van der Waals surface area contributed by atoms with E-state index in [2.05, 4.69) is 42.5 Å². The van der Waals surface area contributed by atoms with Gasteiger partial charge in [-0.3, -0.25) is 4.90 Å². The molecule has 4 atom stereocenters. The largest absolute Gasteiger partial charge is 0.326 e. The van der Waals surface area contributed by atoms with Crippen LogP contribution in [-0.2, 0) is 0 Å². The minimum atomic E-state index is 0.245. The Bertz CT molecular complexity index is 349. The Morgan fingerprint density at radius 2 is 2.22 bits per heavy atom. The first-order chi connectivity index (χ1) is 8.69. The fourth-order valence-corrected chi connectivity index (χ4v) is 4.00. The molecule has 1 saturated heterocycles. The van der Waals surface area contributed by atoms with Gasteiger partial charge in [0.25, 0.3) is 0 Å². The van der Waals surface area contributed by atoms with E-state index in [1.807, 2.05) is 0 Å². The summed E-state index contributed by atoms with van der Waals surface area (Å²) in [5.41, 5.74) is 7.85. The van der Waals surface area contributed by atoms with Gasteiger partial charge in [-0.25, -0.2) is 0 Å². The number of likely N-dealkylation sites (tertiary alicyclic amines) is 1. The Labute approximate surface area is 115 Å². The van der Waals surface area contributed by atoms with Gasteiger partial charge in [-0.1, -0.05) is 13.8 Å². The van der Waals surface area contributed by atoms with E-state index in [0.717, 1.165) is 6.42 Å². The molecule has 102 valence electrons. The molecular weight excluding hydrogens is 240 g/mol. The van der Waals surface area contributed by atoms with Crippen LogP contribution in [0.1, 0.15) is 58.1 Å². The summed E-state index contributed by atoms with van der Waals surface area (Å²) in [5.74, 6) is 0. The number of hydrogen-bond acceptors (Lipinski definition) is 3. The van der Waals surface area contributed by atoms with Gasteiger partial charge < -0.3 is 5.73 Å². The molecule has 1 aromatic heterocycles. The van der Waals surface area contributed by atoms with Gasteiger partial charge >= 0.3 is 0 Å². The van der Waals surface area contributed by atoms with Crippen LogP contribution in [0.3, 0.4) is 0 Å². The van der Waals surface area contributed by atoms with Crippen molar-refractivity contribution in [3.05, 3.63) is 22.4 Å². The van der Waals surface area contributed by atoms with Crippen molar-refractivity contribution in [1.82, 2.24) is 4.90 Å². The molecular formula is C15H26N2S. The van der Waals surface area contributed by atoms with Crippen molar-refractivity contribution >= 4 is 11.3 Å². The molecule has 0 saturated carbocycles. The molecule has 1 fully saturated rings. The first kappa shape index (κ1) is 14.0. The van der Waals surface area contributed by atoms with E-state index < -0.39 is 0 Å². The lowest BCUT2D eigenvalue weighted by Gasteiger charge is -2.39. The third-order valence-corrected chi connectivity index (χ3v) is 5.10. The van der Waals surface area contributed by atoms with Crippen LogP contribution in [-0.4, -0.2) is 23.0 Å². The zero-order valence-electron chi connectivity index (χ0n) is 11.8. The van der Waals surface area contributed by atoms with Crippen LogP contribution < -0.4 is 5.73 Å². The highest BCUT2D eigenvalue weighted by Crippen LogP contribution is 2.37. The van der Waals surface area contributed by atoms with Gasteiger partial charge in [0.1, 0.15) is 0 Å². The molecule has 1 aliphatic heterocycles. The highest BCUT2D eigenvalue weighted by Gasteiger charge is 2.37. The SMILES string of the molecule is CCC(N)C(c1ccsc1)N1C(C)CCC1CC. The topological polar surface area (TPSA) is 29.3 Å². The predicted octanol–water partition coefficient (Wildman–Crippen LogP) is 3.79. The van der Waals surface area contributed by atoms with Crippen LogP contribution in [0.5, 0.6) is 0 Å². The standard InChI is InChI=1S/C15H26N2S/c1-4-13-7-6-11(3)17(13)15(14(16)5-2)12-8-9-18-10-12/h8-11,13-15H,4-7,16H2,1-3H3. The van der Waals surface area contributed by atoms with E-state index in [1.165, 1.54) is 24.8 Å². The first-order valence-electron chi connectivity index (χ1n) is 7.24. The lowest BCUT2D eigenvalue weighted by Crippen LogP contribution is -2.45. The van der Waals surface area contributed by atoms with Crippen LogP contribution in [0.15, 0.2) is 16.8 Å². The average Bonchev–Trinajstić information content (AvgIpc) is 3.01. The Morgan fingerprint density at radius 3 is 2.78 bits per heavy atom. The molecule has 0 aliphatic carbocycles. The maximum absolute atomic E-state index is 6.43. The van der Waals surface area contributed by atoms with Crippen LogP contribution >= 0.6 is 11.3 Å². The first-order valence-corrected chi connectivity index (χ1v) is 8.18. The van der Waals surface area contributed by atoms with Crippen molar-refractivity contribution in [2.45, 2.75) is 70.6 Å². The quantitative estimate of drug-likeness (QED) is 0.878. The second kappa shape index (κ2) is 6.18. The molecule has 0 radical (unpaired) electrons. The maximum atomic E-state index is 6.43. The van der Waals surface area contributed by atoms with E-state index in [4.69, 9.17) is 5.73 Å². The third kappa shape index (κ3) is 2.63. The lowest BCUT2D eigenvalue weighted by atomic mass is 9.96. The normalized spacial score (nSPS) is 28.4. The third-order valence-electron chi connectivity index (χ3n) is 4.40. The Balaban J connectivity index is 2.28. The molecule has 4 unspecified atom stereocenters. The summed E-state index contributed by atoms with van der Waals surface area (Å²) in [7, 11) is 0. The monoisotopic (exact) mass is 266 g/mol. The van der Waals surface area contributed by atoms with Gasteiger partial charge in [0.05, 0.1) is 6.04 Å². The molecule has 1 aromatic rings. The van der Waals surface area contributed by atoms with Crippen molar-refractivity contribution < 1.29 is 0 Å². The smallest absolute Gasteiger partial charge is 0.0513 e. The van der Waals surface area contributed by atoms with Crippen molar-refractivity contribution in [3.63, 3.8) is 0 Å². The van der Waals surface area contributed by atoms with Crippen molar-refractivity contribution in [1.29, 1.82) is 0 Å². The fraction of sp³-hybridized carbons (Fsp3) is 0.733. The Kier molecular flexibility index (Phi) is 4.82. The fourth-order valence-electron chi connectivity index (χ4n) is 3.31. The van der Waals surface area contributed by atoms with E-state index in [9.17, 15) is 0 Å². The van der Waals surface area contributed by atoms with Gasteiger partial charge in [0, 0.05) is 18.1 Å². The summed E-state index contributed by atoms with van der Waals surface area (Å²) < 4.78 is 0. The van der Waals surface area contributed by atoms with E-state index in [0.29, 0.717) is 18.1 Å². The van der Waals surface area contributed by atoms with Gasteiger partial charge in [-0.15, -0.1) is 0 Å². The number of thiophene rings is 1. The number of nitrogens with zero attached hydrogens (tertiary/aromatic N) is 1. The van der Waals surface area contributed by atoms with Crippen LogP contribution in [0.4, 0.5) is 0 Å².